The van der Waals surface area contributed by atoms with Gasteiger partial charge in [0.2, 0.25) is 10.0 Å². The van der Waals surface area contributed by atoms with Crippen molar-refractivity contribution in [3.63, 3.8) is 0 Å². The van der Waals surface area contributed by atoms with Crippen LogP contribution in [0.3, 0.4) is 0 Å². The van der Waals surface area contributed by atoms with Gasteiger partial charge in [0.25, 0.3) is 0 Å². The van der Waals surface area contributed by atoms with E-state index in [1.807, 2.05) is 20.8 Å². The van der Waals surface area contributed by atoms with E-state index < -0.39 is 15.8 Å². The van der Waals surface area contributed by atoms with Gasteiger partial charge in [-0.2, -0.15) is 0 Å². The van der Waals surface area contributed by atoms with E-state index in [0.29, 0.717) is 13.1 Å². The van der Waals surface area contributed by atoms with E-state index in [1.54, 1.807) is 6.07 Å². The monoisotopic (exact) mass is 314 g/mol. The summed E-state index contributed by atoms with van der Waals surface area (Å²) in [6, 6.07) is 4.55. The fourth-order valence-electron chi connectivity index (χ4n) is 1.93. The Labute approximate surface area is 126 Å². The molecule has 0 amide bonds. The lowest BCUT2D eigenvalue weighted by molar-refractivity contribution is 0.521. The highest BCUT2D eigenvalue weighted by atomic mass is 32.2. The van der Waals surface area contributed by atoms with Crippen LogP contribution in [0.4, 0.5) is 4.39 Å². The van der Waals surface area contributed by atoms with Crippen LogP contribution in [0.25, 0.3) is 0 Å². The van der Waals surface area contributed by atoms with Crippen molar-refractivity contribution >= 4 is 10.0 Å². The van der Waals surface area contributed by atoms with Gasteiger partial charge in [0.1, 0.15) is 10.7 Å². The fourth-order valence-corrected chi connectivity index (χ4v) is 3.19. The van der Waals surface area contributed by atoms with Crippen LogP contribution in [0.2, 0.25) is 0 Å². The van der Waals surface area contributed by atoms with E-state index in [1.165, 1.54) is 12.1 Å². The van der Waals surface area contributed by atoms with E-state index in [0.717, 1.165) is 18.4 Å². The van der Waals surface area contributed by atoms with Gasteiger partial charge in [0.05, 0.1) is 0 Å². The van der Waals surface area contributed by atoms with Crippen molar-refractivity contribution in [3.8, 4) is 0 Å². The predicted octanol–water partition coefficient (Wildman–Crippen LogP) is 2.40. The molecule has 1 aromatic carbocycles. The smallest absolute Gasteiger partial charge is 0.243 e. The van der Waals surface area contributed by atoms with Crippen LogP contribution in [0, 0.1) is 11.2 Å². The Hall–Kier alpha value is -0.980. The molecule has 2 rings (SSSR count). The summed E-state index contributed by atoms with van der Waals surface area (Å²) in [4.78, 5) is -0.278. The minimum absolute atomic E-state index is 0.0463. The molecule has 0 atom stereocenters. The topological polar surface area (TPSA) is 58.2 Å². The number of benzene rings is 1. The van der Waals surface area contributed by atoms with Crippen molar-refractivity contribution in [3.05, 3.63) is 29.6 Å². The Kier molecular flexibility index (Phi) is 4.70. The van der Waals surface area contributed by atoms with Gasteiger partial charge in [-0.25, -0.2) is 17.5 Å². The lowest BCUT2D eigenvalue weighted by Gasteiger charge is -2.13. The molecule has 6 heteroatoms. The third-order valence-corrected chi connectivity index (χ3v) is 5.23. The van der Waals surface area contributed by atoms with Crippen LogP contribution in [0.5, 0.6) is 0 Å². The quantitative estimate of drug-likeness (QED) is 0.812. The Morgan fingerprint density at radius 2 is 2.00 bits per heavy atom. The van der Waals surface area contributed by atoms with Gasteiger partial charge in [0, 0.05) is 19.1 Å². The van der Waals surface area contributed by atoms with Crippen molar-refractivity contribution in [1.29, 1.82) is 0 Å². The molecule has 0 aromatic heterocycles. The average molecular weight is 314 g/mol. The minimum atomic E-state index is -3.78. The van der Waals surface area contributed by atoms with Crippen molar-refractivity contribution in [1.82, 2.24) is 10.0 Å². The Bertz CT molecular complexity index is 610. The van der Waals surface area contributed by atoms with Gasteiger partial charge in [-0.3, -0.25) is 0 Å². The first-order valence-corrected chi connectivity index (χ1v) is 8.72. The zero-order valence-corrected chi connectivity index (χ0v) is 13.6. The van der Waals surface area contributed by atoms with Crippen molar-refractivity contribution in [2.24, 2.45) is 5.41 Å². The molecule has 4 nitrogen and oxygen atoms in total. The predicted molar refractivity (Wildman–Crippen MR) is 80.9 cm³/mol. The molecule has 0 spiro atoms. The molecule has 0 aliphatic heterocycles. The molecule has 1 aromatic rings. The van der Waals surface area contributed by atoms with Crippen LogP contribution in [0.15, 0.2) is 23.1 Å². The Morgan fingerprint density at radius 3 is 2.52 bits per heavy atom. The fraction of sp³-hybridized carbons (Fsp3) is 0.600. The van der Waals surface area contributed by atoms with Crippen LogP contribution < -0.4 is 10.0 Å². The number of hydrogen-bond acceptors (Lipinski definition) is 3. The molecule has 2 N–H and O–H groups in total. The van der Waals surface area contributed by atoms with Gasteiger partial charge in [-0.05, 0) is 36.0 Å². The largest absolute Gasteiger partial charge is 0.310 e. The molecule has 0 radical (unpaired) electrons. The molecule has 0 saturated heterocycles. The van der Waals surface area contributed by atoms with E-state index >= 15 is 0 Å². The molecule has 21 heavy (non-hydrogen) atoms. The van der Waals surface area contributed by atoms with Gasteiger partial charge in [-0.1, -0.05) is 26.8 Å². The molecule has 1 fully saturated rings. The third-order valence-electron chi connectivity index (χ3n) is 3.79. The second-order valence-electron chi connectivity index (χ2n) is 6.44. The van der Waals surface area contributed by atoms with Gasteiger partial charge >= 0.3 is 0 Å². The summed E-state index contributed by atoms with van der Waals surface area (Å²) in [5.74, 6) is -0.702. The van der Waals surface area contributed by atoms with Crippen molar-refractivity contribution < 1.29 is 12.8 Å². The highest BCUT2D eigenvalue weighted by Gasteiger charge is 2.38. The summed E-state index contributed by atoms with van der Waals surface area (Å²) in [7, 11) is -3.78. The van der Waals surface area contributed by atoms with Crippen LogP contribution in [0.1, 0.15) is 39.2 Å². The summed E-state index contributed by atoms with van der Waals surface area (Å²) in [5.41, 5.74) is 0.777. The lowest BCUT2D eigenvalue weighted by Crippen LogP contribution is -2.30. The summed E-state index contributed by atoms with van der Waals surface area (Å²) < 4.78 is 40.8. The molecule has 1 saturated carbocycles. The molecule has 118 valence electrons. The average Bonchev–Trinajstić information content (AvgIpc) is 3.13. The highest BCUT2D eigenvalue weighted by Crippen LogP contribution is 2.44. The number of sulfonamides is 1. The van der Waals surface area contributed by atoms with Gasteiger partial charge in [-0.15, -0.1) is 0 Å². The number of halogens is 1. The Morgan fingerprint density at radius 1 is 1.33 bits per heavy atom. The molecular weight excluding hydrogens is 291 g/mol. The minimum Gasteiger partial charge on any atom is -0.310 e. The highest BCUT2D eigenvalue weighted by molar-refractivity contribution is 7.89. The normalized spacial score (nSPS) is 17.2. The second kappa shape index (κ2) is 6.02. The van der Waals surface area contributed by atoms with E-state index in [9.17, 15) is 12.8 Å². The van der Waals surface area contributed by atoms with Crippen molar-refractivity contribution in [2.45, 2.75) is 51.1 Å². The van der Waals surface area contributed by atoms with E-state index in [-0.39, 0.29) is 16.4 Å². The van der Waals surface area contributed by atoms with E-state index in [4.69, 9.17) is 0 Å². The molecule has 0 unspecified atom stereocenters. The molecular formula is C15H23FN2O2S. The Balaban J connectivity index is 2.08. The van der Waals surface area contributed by atoms with Crippen LogP contribution in [-0.4, -0.2) is 21.0 Å². The molecule has 1 aliphatic rings. The SMILES string of the molecule is CC(C)NCc1ccc(S(=O)(=O)NCC2(C)CC2)c(F)c1. The molecule has 0 heterocycles. The maximum absolute atomic E-state index is 14.1. The summed E-state index contributed by atoms with van der Waals surface area (Å²) in [6.45, 7) is 6.90. The number of hydrogen-bond donors (Lipinski definition) is 2. The molecule has 1 aliphatic carbocycles. The second-order valence-corrected chi connectivity index (χ2v) is 8.17. The van der Waals surface area contributed by atoms with Crippen LogP contribution >= 0.6 is 0 Å². The van der Waals surface area contributed by atoms with Gasteiger partial charge in [0.15, 0.2) is 0 Å². The zero-order valence-electron chi connectivity index (χ0n) is 12.7. The molecule has 0 bridgehead atoms. The first kappa shape index (κ1) is 16.4. The summed E-state index contributed by atoms with van der Waals surface area (Å²) in [6.07, 6.45) is 2.02. The lowest BCUT2D eigenvalue weighted by atomic mass is 10.2. The first-order valence-electron chi connectivity index (χ1n) is 7.23. The zero-order chi connectivity index (χ0) is 15.7. The number of nitrogens with one attached hydrogen (secondary N) is 2. The van der Waals surface area contributed by atoms with Gasteiger partial charge < -0.3 is 5.32 Å². The van der Waals surface area contributed by atoms with Crippen LogP contribution in [-0.2, 0) is 16.6 Å². The van der Waals surface area contributed by atoms with Crippen molar-refractivity contribution in [2.75, 3.05) is 6.54 Å². The summed E-state index contributed by atoms with van der Waals surface area (Å²) in [5, 5.41) is 3.17. The first-order chi connectivity index (χ1) is 9.72. The standard InChI is InChI=1S/C15H23FN2O2S/c1-11(2)17-9-12-4-5-14(13(16)8-12)21(19,20)18-10-15(3)6-7-15/h4-5,8,11,17-18H,6-7,9-10H2,1-3H3. The van der Waals surface area contributed by atoms with E-state index in [2.05, 4.69) is 10.0 Å². The number of rotatable bonds is 7. The third kappa shape index (κ3) is 4.49. The maximum atomic E-state index is 14.1. The summed E-state index contributed by atoms with van der Waals surface area (Å²) >= 11 is 0. The maximum Gasteiger partial charge on any atom is 0.243 e.